The Morgan fingerprint density at radius 1 is 0.485 bits per heavy atom. The first-order chi connectivity index (χ1) is 16.2. The summed E-state index contributed by atoms with van der Waals surface area (Å²) in [7, 11) is 0. The van der Waals surface area contributed by atoms with Crippen molar-refractivity contribution in [3.8, 4) is 0 Å². The monoisotopic (exact) mass is 470 g/mol. The van der Waals surface area contributed by atoms with Gasteiger partial charge in [0, 0.05) is 13.0 Å². The molecule has 1 N–H and O–H groups in total. The molecule has 0 saturated carbocycles. The number of aliphatic hydroxyl groups is 1. The van der Waals surface area contributed by atoms with Crippen LogP contribution in [0.15, 0.2) is 0 Å². The second-order valence-electron chi connectivity index (χ2n) is 9.71. The van der Waals surface area contributed by atoms with E-state index in [1.54, 1.807) is 6.92 Å². The highest BCUT2D eigenvalue weighted by Crippen LogP contribution is 2.14. The molecule has 0 radical (unpaired) electrons. The molecule has 0 aliphatic carbocycles. The highest BCUT2D eigenvalue weighted by atomic mass is 16.5. The lowest BCUT2D eigenvalue weighted by Crippen LogP contribution is -2.05. The Balaban J connectivity index is 0. The maximum absolute atomic E-state index is 11.7. The molecule has 0 atom stereocenters. The summed E-state index contributed by atoms with van der Waals surface area (Å²) in [5.41, 5.74) is 0. The van der Waals surface area contributed by atoms with Crippen LogP contribution >= 0.6 is 0 Å². The van der Waals surface area contributed by atoms with E-state index in [4.69, 9.17) is 9.84 Å². The first-order valence-corrected chi connectivity index (χ1v) is 15.0. The summed E-state index contributed by atoms with van der Waals surface area (Å²) in [5, 5.41) is 7.57. The average molecular weight is 471 g/mol. The molecule has 0 saturated heterocycles. The van der Waals surface area contributed by atoms with Gasteiger partial charge in [-0.25, -0.2) is 0 Å². The van der Waals surface area contributed by atoms with Crippen LogP contribution in [0, 0.1) is 0 Å². The van der Waals surface area contributed by atoms with Crippen LogP contribution in [0.2, 0.25) is 0 Å². The Morgan fingerprint density at radius 3 is 1.09 bits per heavy atom. The van der Waals surface area contributed by atoms with Gasteiger partial charge in [-0.05, 0) is 19.8 Å². The second kappa shape index (κ2) is 33.6. The molecule has 0 rings (SSSR count). The predicted octanol–water partition coefficient (Wildman–Crippen LogP) is 9.93. The van der Waals surface area contributed by atoms with Crippen molar-refractivity contribution < 1.29 is 14.6 Å². The van der Waals surface area contributed by atoms with Crippen molar-refractivity contribution >= 4 is 5.97 Å². The van der Waals surface area contributed by atoms with Gasteiger partial charge in [0.25, 0.3) is 0 Å². The van der Waals surface area contributed by atoms with Crippen LogP contribution in [0.3, 0.4) is 0 Å². The molecule has 0 fully saturated rings. The van der Waals surface area contributed by atoms with E-state index in [1.807, 2.05) is 0 Å². The summed E-state index contributed by atoms with van der Waals surface area (Å²) >= 11 is 0. The summed E-state index contributed by atoms with van der Waals surface area (Å²) in [5.74, 6) is 0.0181. The fourth-order valence-corrected chi connectivity index (χ4v) is 4.13. The van der Waals surface area contributed by atoms with Gasteiger partial charge in [-0.3, -0.25) is 4.79 Å². The van der Waals surface area contributed by atoms with Crippen LogP contribution < -0.4 is 0 Å². The minimum atomic E-state index is 0.0181. The third-order valence-electron chi connectivity index (χ3n) is 6.25. The van der Waals surface area contributed by atoms with Gasteiger partial charge in [-0.15, -0.1) is 0 Å². The summed E-state index contributed by atoms with van der Waals surface area (Å²) in [4.78, 5) is 11.7. The van der Waals surface area contributed by atoms with Gasteiger partial charge in [0.1, 0.15) is 0 Å². The molecule has 0 spiro atoms. The molecule has 200 valence electrons. The number of hydrogen-bond donors (Lipinski definition) is 1. The molecule has 0 heterocycles. The van der Waals surface area contributed by atoms with Gasteiger partial charge in [0.2, 0.25) is 0 Å². The SMILES string of the molecule is CCCCCCCCCCCCCCCCCCOC(=O)CCCCCCCCC.CCO. The van der Waals surface area contributed by atoms with E-state index in [-0.39, 0.29) is 12.6 Å². The Bertz CT molecular complexity index is 343. The van der Waals surface area contributed by atoms with Crippen LogP contribution in [0.25, 0.3) is 0 Å². The van der Waals surface area contributed by atoms with Crippen LogP contribution in [0.1, 0.15) is 175 Å². The molecule has 0 unspecified atom stereocenters. The predicted molar refractivity (Wildman–Crippen MR) is 146 cm³/mol. The first-order valence-electron chi connectivity index (χ1n) is 15.0. The van der Waals surface area contributed by atoms with Crippen molar-refractivity contribution in [3.63, 3.8) is 0 Å². The molecule has 3 heteroatoms. The van der Waals surface area contributed by atoms with E-state index in [0.717, 1.165) is 12.8 Å². The number of aliphatic hydroxyl groups excluding tert-OH is 1. The van der Waals surface area contributed by atoms with Gasteiger partial charge in [0.05, 0.1) is 6.61 Å². The van der Waals surface area contributed by atoms with Crippen LogP contribution in [-0.4, -0.2) is 24.3 Å². The highest BCUT2D eigenvalue weighted by molar-refractivity contribution is 5.69. The number of carbonyl (C=O) groups is 1. The molecule has 33 heavy (non-hydrogen) atoms. The quantitative estimate of drug-likeness (QED) is 0.107. The minimum Gasteiger partial charge on any atom is -0.466 e. The van der Waals surface area contributed by atoms with Crippen molar-refractivity contribution in [1.29, 1.82) is 0 Å². The van der Waals surface area contributed by atoms with Gasteiger partial charge in [0.15, 0.2) is 0 Å². The zero-order chi connectivity index (χ0) is 24.7. The van der Waals surface area contributed by atoms with E-state index in [1.165, 1.54) is 135 Å². The Kier molecular flexibility index (Phi) is 35.2. The summed E-state index contributed by atoms with van der Waals surface area (Å²) in [6, 6.07) is 0. The fourth-order valence-electron chi connectivity index (χ4n) is 4.13. The van der Waals surface area contributed by atoms with Gasteiger partial charge < -0.3 is 9.84 Å². The molecular weight excluding hydrogens is 408 g/mol. The van der Waals surface area contributed by atoms with Crippen molar-refractivity contribution in [1.82, 2.24) is 0 Å². The molecule has 0 amide bonds. The van der Waals surface area contributed by atoms with E-state index in [2.05, 4.69) is 13.8 Å². The number of carbonyl (C=O) groups excluding carboxylic acids is 1. The number of esters is 1. The van der Waals surface area contributed by atoms with Crippen molar-refractivity contribution in [3.05, 3.63) is 0 Å². The molecule has 0 aromatic carbocycles. The standard InChI is InChI=1S/C28H56O2.C2H6O/c1-3-5-7-9-11-12-13-14-15-16-17-18-19-21-23-25-27-30-28(29)26-24-22-20-10-8-6-4-2;1-2-3/h3-27H2,1-2H3;3H,2H2,1H3. The Morgan fingerprint density at radius 2 is 0.758 bits per heavy atom. The van der Waals surface area contributed by atoms with E-state index < -0.39 is 0 Å². The van der Waals surface area contributed by atoms with Crippen LogP contribution in [0.4, 0.5) is 0 Å². The second-order valence-corrected chi connectivity index (χ2v) is 9.71. The Labute approximate surface area is 208 Å². The zero-order valence-electron chi connectivity index (χ0n) is 23.1. The lowest BCUT2D eigenvalue weighted by Gasteiger charge is -2.05. The summed E-state index contributed by atoms with van der Waals surface area (Å²) < 4.78 is 5.37. The maximum Gasteiger partial charge on any atom is 0.305 e. The highest BCUT2D eigenvalue weighted by Gasteiger charge is 2.02. The van der Waals surface area contributed by atoms with E-state index >= 15 is 0 Å². The molecule has 0 bridgehead atoms. The van der Waals surface area contributed by atoms with Crippen LogP contribution in [-0.2, 0) is 9.53 Å². The molecular formula is C30H62O3. The molecule has 0 aromatic rings. The average Bonchev–Trinajstić information content (AvgIpc) is 2.81. The molecule has 0 aliphatic rings. The van der Waals surface area contributed by atoms with Crippen molar-refractivity contribution in [2.45, 2.75) is 175 Å². The summed E-state index contributed by atoms with van der Waals surface area (Å²) in [6.07, 6.45) is 31.4. The third kappa shape index (κ3) is 36.2. The largest absolute Gasteiger partial charge is 0.466 e. The maximum atomic E-state index is 11.7. The molecule has 3 nitrogen and oxygen atoms in total. The topological polar surface area (TPSA) is 46.5 Å². The minimum absolute atomic E-state index is 0.0181. The first kappa shape index (κ1) is 34.6. The van der Waals surface area contributed by atoms with Crippen molar-refractivity contribution in [2.75, 3.05) is 13.2 Å². The normalized spacial score (nSPS) is 10.7. The molecule has 0 aromatic heterocycles. The van der Waals surface area contributed by atoms with E-state index in [0.29, 0.717) is 13.0 Å². The number of rotatable bonds is 25. The third-order valence-corrected chi connectivity index (χ3v) is 6.25. The van der Waals surface area contributed by atoms with E-state index in [9.17, 15) is 4.79 Å². The lowest BCUT2D eigenvalue weighted by molar-refractivity contribution is -0.143. The Hall–Kier alpha value is -0.570. The van der Waals surface area contributed by atoms with Gasteiger partial charge >= 0.3 is 5.97 Å². The smallest absolute Gasteiger partial charge is 0.305 e. The fraction of sp³-hybridized carbons (Fsp3) is 0.967. The number of unbranched alkanes of at least 4 members (excludes halogenated alkanes) is 21. The van der Waals surface area contributed by atoms with Crippen molar-refractivity contribution in [2.24, 2.45) is 0 Å². The molecule has 0 aliphatic heterocycles. The zero-order valence-corrected chi connectivity index (χ0v) is 23.1. The van der Waals surface area contributed by atoms with Gasteiger partial charge in [-0.2, -0.15) is 0 Å². The summed E-state index contributed by atoms with van der Waals surface area (Å²) in [6.45, 7) is 7.10. The van der Waals surface area contributed by atoms with Crippen LogP contribution in [0.5, 0.6) is 0 Å². The lowest BCUT2D eigenvalue weighted by atomic mass is 10.0. The number of hydrogen-bond acceptors (Lipinski definition) is 3. The van der Waals surface area contributed by atoms with Gasteiger partial charge in [-0.1, -0.05) is 149 Å². The number of ether oxygens (including phenoxy) is 1.